The SMILES string of the molecule is c1ccc(-c2cc(-c3nc(-c4ccccc4)nc(-c4cccc(-c5ccc6c(-c7cc(-c8nc(-c9ccccc9)nc(-c9ccccc9)n8)cc(-c8cccc9cccnc89)c7)ccc7c6c5-c5ccccc5-7)c4)n3)cc(-c3c4ccccc4cc4ccccc34)c2)cc1. The molecule has 1 aliphatic rings. The molecule has 436 valence electrons. The lowest BCUT2D eigenvalue weighted by molar-refractivity contribution is 1.07. The minimum absolute atomic E-state index is 0.575. The molecule has 0 N–H and O–H groups in total. The zero-order valence-corrected chi connectivity index (χ0v) is 50.7. The van der Waals surface area contributed by atoms with Gasteiger partial charge in [0.05, 0.1) is 5.52 Å². The van der Waals surface area contributed by atoms with Crippen molar-refractivity contribution in [3.63, 3.8) is 0 Å². The lowest BCUT2D eigenvalue weighted by atomic mass is 9.88. The summed E-state index contributed by atoms with van der Waals surface area (Å²) in [6, 6.07) is 112. The third-order valence-corrected chi connectivity index (χ3v) is 18.3. The molecule has 0 saturated heterocycles. The van der Waals surface area contributed by atoms with Crippen molar-refractivity contribution in [2.45, 2.75) is 0 Å². The fraction of sp³-hybridized carbons (Fsp3) is 0. The normalized spacial score (nSPS) is 11.6. The van der Waals surface area contributed by atoms with Crippen LogP contribution in [0.4, 0.5) is 0 Å². The van der Waals surface area contributed by atoms with Gasteiger partial charge in [-0.15, -0.1) is 0 Å². The molecule has 94 heavy (non-hydrogen) atoms. The average Bonchev–Trinajstić information content (AvgIpc) is 1.52. The zero-order valence-electron chi connectivity index (χ0n) is 50.7. The summed E-state index contributed by atoms with van der Waals surface area (Å²) >= 11 is 0. The maximum absolute atomic E-state index is 5.49. The van der Waals surface area contributed by atoms with E-state index < -0.39 is 0 Å². The Bertz CT molecular complexity index is 5740. The number of hydrogen-bond donors (Lipinski definition) is 0. The van der Waals surface area contributed by atoms with E-state index in [1.165, 1.54) is 54.7 Å². The number of fused-ring (bicyclic) bond motifs is 6. The van der Waals surface area contributed by atoms with Gasteiger partial charge < -0.3 is 0 Å². The number of benzene rings is 14. The van der Waals surface area contributed by atoms with Crippen LogP contribution in [0.15, 0.2) is 322 Å². The standard InChI is InChI=1S/C87H53N7/c1-5-22-54(23-6-1)63-48-66(78-70-36-15-13-30-59(70)46-60-31-14-16-37-71(60)78)53-67(49-63)86-93-84(58-28-11-4-12-29-58)90-85(94-86)62-34-19-33-61(47-62)72-42-44-76-69(41-43-77-74-38-17-18-39-75(74)79(72)80(76)77)64-50-65(73-40-20-32-55-35-21-45-88-81(55)73)52-68(51-64)87-91-82(56-24-7-2-8-25-56)89-83(92-87)57-26-9-3-10-27-57/h1-53H. The third kappa shape index (κ3) is 9.58. The summed E-state index contributed by atoms with van der Waals surface area (Å²) in [5.74, 6) is 3.53. The van der Waals surface area contributed by atoms with Crippen LogP contribution in [0.25, 0.3) is 189 Å². The van der Waals surface area contributed by atoms with E-state index in [-0.39, 0.29) is 0 Å². The summed E-state index contributed by atoms with van der Waals surface area (Å²) in [7, 11) is 0. The van der Waals surface area contributed by atoms with Crippen LogP contribution in [-0.4, -0.2) is 34.9 Å². The molecule has 0 unspecified atom stereocenters. The molecule has 7 heteroatoms. The summed E-state index contributed by atoms with van der Waals surface area (Å²) in [4.78, 5) is 36.8. The Labute approximate surface area is 542 Å². The van der Waals surface area contributed by atoms with Crippen LogP contribution in [0.3, 0.4) is 0 Å². The van der Waals surface area contributed by atoms with Gasteiger partial charge >= 0.3 is 0 Å². The fourth-order valence-corrected chi connectivity index (χ4v) is 13.9. The maximum atomic E-state index is 5.49. The van der Waals surface area contributed by atoms with Gasteiger partial charge in [0, 0.05) is 50.5 Å². The molecule has 0 saturated carbocycles. The molecule has 17 aromatic rings. The number of para-hydroxylation sites is 1. The van der Waals surface area contributed by atoms with Crippen molar-refractivity contribution in [3.8, 4) is 146 Å². The van der Waals surface area contributed by atoms with Gasteiger partial charge in [-0.1, -0.05) is 261 Å². The molecule has 3 aromatic heterocycles. The molecule has 0 fully saturated rings. The smallest absolute Gasteiger partial charge is 0.164 e. The van der Waals surface area contributed by atoms with Gasteiger partial charge in [-0.3, -0.25) is 4.98 Å². The Hall–Kier alpha value is -12.7. The van der Waals surface area contributed by atoms with Crippen molar-refractivity contribution in [1.82, 2.24) is 34.9 Å². The monoisotopic (exact) mass is 1200 g/mol. The van der Waals surface area contributed by atoms with E-state index in [2.05, 4.69) is 231 Å². The van der Waals surface area contributed by atoms with Gasteiger partial charge in [0.1, 0.15) is 0 Å². The van der Waals surface area contributed by atoms with Gasteiger partial charge in [-0.25, -0.2) is 29.9 Å². The van der Waals surface area contributed by atoms with Crippen LogP contribution in [0, 0.1) is 0 Å². The summed E-state index contributed by atoms with van der Waals surface area (Å²) < 4.78 is 0. The summed E-state index contributed by atoms with van der Waals surface area (Å²) in [5.41, 5.74) is 21.8. The maximum Gasteiger partial charge on any atom is 0.164 e. The summed E-state index contributed by atoms with van der Waals surface area (Å²) in [5, 5.41) is 8.13. The Kier molecular flexibility index (Phi) is 13.1. The van der Waals surface area contributed by atoms with Gasteiger partial charge in [-0.05, 0) is 159 Å². The Balaban J connectivity index is 0.812. The van der Waals surface area contributed by atoms with Crippen LogP contribution in [0.5, 0.6) is 0 Å². The molecule has 0 radical (unpaired) electrons. The highest BCUT2D eigenvalue weighted by Gasteiger charge is 2.28. The minimum Gasteiger partial charge on any atom is -0.256 e. The van der Waals surface area contributed by atoms with Gasteiger partial charge in [-0.2, -0.15) is 0 Å². The second kappa shape index (κ2) is 22.6. The van der Waals surface area contributed by atoms with E-state index in [1.54, 1.807) is 0 Å². The number of nitrogens with zero attached hydrogens (tertiary/aromatic N) is 7. The topological polar surface area (TPSA) is 90.2 Å². The molecule has 0 aliphatic heterocycles. The highest BCUT2D eigenvalue weighted by Crippen LogP contribution is 2.54. The molecule has 7 nitrogen and oxygen atoms in total. The minimum atomic E-state index is 0.575. The zero-order chi connectivity index (χ0) is 62.1. The number of aromatic nitrogens is 7. The van der Waals surface area contributed by atoms with E-state index in [0.29, 0.717) is 34.9 Å². The van der Waals surface area contributed by atoms with Crippen molar-refractivity contribution in [2.75, 3.05) is 0 Å². The van der Waals surface area contributed by atoms with E-state index >= 15 is 0 Å². The highest BCUT2D eigenvalue weighted by atomic mass is 15.0. The predicted molar refractivity (Wildman–Crippen MR) is 385 cm³/mol. The predicted octanol–water partition coefficient (Wildman–Crippen LogP) is 22.0. The Morgan fingerprint density at radius 2 is 0.585 bits per heavy atom. The first-order valence-corrected chi connectivity index (χ1v) is 31.7. The van der Waals surface area contributed by atoms with Gasteiger partial charge in [0.15, 0.2) is 34.9 Å². The summed E-state index contributed by atoms with van der Waals surface area (Å²) in [6.45, 7) is 0. The van der Waals surface area contributed by atoms with Gasteiger partial charge in [0.25, 0.3) is 0 Å². The molecule has 0 spiro atoms. The van der Waals surface area contributed by atoms with E-state index in [0.717, 1.165) is 99.7 Å². The summed E-state index contributed by atoms with van der Waals surface area (Å²) in [6.07, 6.45) is 1.87. The van der Waals surface area contributed by atoms with E-state index in [4.69, 9.17) is 34.9 Å². The molecule has 1 aliphatic carbocycles. The first-order chi connectivity index (χ1) is 46.6. The lowest BCUT2D eigenvalue weighted by Gasteiger charge is -2.17. The Morgan fingerprint density at radius 1 is 0.181 bits per heavy atom. The van der Waals surface area contributed by atoms with Crippen molar-refractivity contribution < 1.29 is 0 Å². The Morgan fingerprint density at radius 3 is 1.21 bits per heavy atom. The highest BCUT2D eigenvalue weighted by molar-refractivity contribution is 6.22. The van der Waals surface area contributed by atoms with Gasteiger partial charge in [0.2, 0.25) is 0 Å². The van der Waals surface area contributed by atoms with Crippen LogP contribution in [0.2, 0.25) is 0 Å². The van der Waals surface area contributed by atoms with Crippen LogP contribution >= 0.6 is 0 Å². The van der Waals surface area contributed by atoms with E-state index in [9.17, 15) is 0 Å². The molecule has 0 bridgehead atoms. The second-order valence-electron chi connectivity index (χ2n) is 23.9. The van der Waals surface area contributed by atoms with Crippen molar-refractivity contribution in [2.24, 2.45) is 0 Å². The first-order valence-electron chi connectivity index (χ1n) is 31.7. The van der Waals surface area contributed by atoms with Crippen LogP contribution < -0.4 is 0 Å². The van der Waals surface area contributed by atoms with Crippen molar-refractivity contribution in [3.05, 3.63) is 322 Å². The molecule has 14 aromatic carbocycles. The molecule has 18 rings (SSSR count). The molecule has 3 heterocycles. The van der Waals surface area contributed by atoms with E-state index in [1.807, 2.05) is 91.1 Å². The quantitative estimate of drug-likeness (QED) is 0.119. The fourth-order valence-electron chi connectivity index (χ4n) is 13.9. The molecular weight excluding hydrogens is 1140 g/mol. The largest absolute Gasteiger partial charge is 0.256 e. The average molecular weight is 1200 g/mol. The second-order valence-corrected chi connectivity index (χ2v) is 23.9. The number of hydrogen-bond acceptors (Lipinski definition) is 7. The molecular formula is C87H53N7. The number of rotatable bonds is 11. The molecule has 0 amide bonds. The van der Waals surface area contributed by atoms with Crippen molar-refractivity contribution >= 4 is 43.2 Å². The third-order valence-electron chi connectivity index (χ3n) is 18.3. The number of pyridine rings is 1. The van der Waals surface area contributed by atoms with Crippen molar-refractivity contribution in [1.29, 1.82) is 0 Å². The van der Waals surface area contributed by atoms with Crippen LogP contribution in [-0.2, 0) is 0 Å². The lowest BCUT2D eigenvalue weighted by Crippen LogP contribution is -2.01. The molecule has 0 atom stereocenters. The first kappa shape index (κ1) is 54.2. The van der Waals surface area contributed by atoms with Crippen LogP contribution in [0.1, 0.15) is 0 Å².